The lowest BCUT2D eigenvalue weighted by molar-refractivity contribution is -0.140. The van der Waals surface area contributed by atoms with Crippen LogP contribution < -0.4 is 5.32 Å². The summed E-state index contributed by atoms with van der Waals surface area (Å²) in [4.78, 5) is 36.0. The zero-order valence-corrected chi connectivity index (χ0v) is 18.4. The molecule has 2 atom stereocenters. The van der Waals surface area contributed by atoms with Gasteiger partial charge in [-0.15, -0.1) is 0 Å². The van der Waals surface area contributed by atoms with Crippen LogP contribution in [0.4, 0.5) is 0 Å². The van der Waals surface area contributed by atoms with Gasteiger partial charge in [0, 0.05) is 23.0 Å². The smallest absolute Gasteiger partial charge is 0.307 e. The van der Waals surface area contributed by atoms with Crippen molar-refractivity contribution in [3.8, 4) is 0 Å². The molecule has 0 aliphatic carbocycles. The molecular weight excluding hydrogens is 402 g/mol. The summed E-state index contributed by atoms with van der Waals surface area (Å²) < 4.78 is 4.56. The van der Waals surface area contributed by atoms with Crippen molar-refractivity contribution in [1.29, 1.82) is 0 Å². The standard InChI is InChI=1S/C24H28ClNO4/c1-4-5-21(23(16(2)27)18-10-12-20(25)13-11-18)17-6-8-19(9-7-17)24(29)26-15-14-22(28)30-3/h6-13,21,23H,4-5,14-15H2,1-3H3,(H,26,29). The highest BCUT2D eigenvalue weighted by Gasteiger charge is 2.28. The first-order valence-corrected chi connectivity index (χ1v) is 10.5. The Hall–Kier alpha value is -2.66. The Balaban J connectivity index is 2.20. The number of carbonyl (C=O) groups is 3. The van der Waals surface area contributed by atoms with E-state index in [2.05, 4.69) is 17.0 Å². The van der Waals surface area contributed by atoms with Gasteiger partial charge in [-0.1, -0.05) is 49.2 Å². The number of halogens is 1. The van der Waals surface area contributed by atoms with Crippen molar-refractivity contribution >= 4 is 29.3 Å². The molecule has 0 saturated carbocycles. The Morgan fingerprint density at radius 2 is 1.60 bits per heavy atom. The van der Waals surface area contributed by atoms with Crippen LogP contribution in [0.1, 0.15) is 66.4 Å². The van der Waals surface area contributed by atoms with Crippen molar-refractivity contribution in [2.24, 2.45) is 0 Å². The Morgan fingerprint density at radius 1 is 1.00 bits per heavy atom. The molecule has 2 aromatic rings. The molecule has 0 fully saturated rings. The van der Waals surface area contributed by atoms with E-state index in [4.69, 9.17) is 11.6 Å². The van der Waals surface area contributed by atoms with Gasteiger partial charge in [0.1, 0.15) is 5.78 Å². The summed E-state index contributed by atoms with van der Waals surface area (Å²) in [5.74, 6) is -0.795. The summed E-state index contributed by atoms with van der Waals surface area (Å²) in [6.45, 7) is 3.93. The van der Waals surface area contributed by atoms with Crippen LogP contribution in [0.25, 0.3) is 0 Å². The van der Waals surface area contributed by atoms with E-state index in [0.717, 1.165) is 24.0 Å². The monoisotopic (exact) mass is 429 g/mol. The Bertz CT molecular complexity index is 862. The maximum Gasteiger partial charge on any atom is 0.307 e. The quantitative estimate of drug-likeness (QED) is 0.546. The van der Waals surface area contributed by atoms with Gasteiger partial charge in [-0.05, 0) is 54.7 Å². The Labute approximate surface area is 182 Å². The summed E-state index contributed by atoms with van der Waals surface area (Å²) in [5, 5.41) is 3.34. The summed E-state index contributed by atoms with van der Waals surface area (Å²) in [5.41, 5.74) is 2.46. The second-order valence-corrected chi connectivity index (χ2v) is 7.68. The first-order valence-electron chi connectivity index (χ1n) is 10.1. The van der Waals surface area contributed by atoms with E-state index in [9.17, 15) is 14.4 Å². The minimum absolute atomic E-state index is 0.00473. The maximum atomic E-state index is 12.6. The molecule has 0 spiro atoms. The molecule has 2 unspecified atom stereocenters. The number of esters is 1. The molecule has 0 aromatic heterocycles. The van der Waals surface area contributed by atoms with E-state index >= 15 is 0 Å². The number of methoxy groups -OCH3 is 1. The van der Waals surface area contributed by atoms with Crippen molar-refractivity contribution in [3.05, 3.63) is 70.2 Å². The highest BCUT2D eigenvalue weighted by Crippen LogP contribution is 2.37. The number of ketones is 1. The average molecular weight is 430 g/mol. The highest BCUT2D eigenvalue weighted by molar-refractivity contribution is 6.30. The fraction of sp³-hybridized carbons (Fsp3) is 0.375. The number of hydrogen-bond acceptors (Lipinski definition) is 4. The number of rotatable bonds is 10. The Kier molecular flexibility index (Phi) is 9.06. The molecule has 1 amide bonds. The summed E-state index contributed by atoms with van der Waals surface area (Å²) in [7, 11) is 1.31. The second kappa shape index (κ2) is 11.5. The lowest BCUT2D eigenvalue weighted by Crippen LogP contribution is -2.26. The molecule has 0 bridgehead atoms. The number of nitrogens with one attached hydrogen (secondary N) is 1. The van der Waals surface area contributed by atoms with Crippen LogP contribution in [-0.4, -0.2) is 31.3 Å². The van der Waals surface area contributed by atoms with Crippen molar-refractivity contribution < 1.29 is 19.1 Å². The predicted molar refractivity (Wildman–Crippen MR) is 118 cm³/mol. The number of carbonyl (C=O) groups excluding carboxylic acids is 3. The molecule has 2 rings (SSSR count). The molecule has 160 valence electrons. The fourth-order valence-electron chi connectivity index (χ4n) is 3.62. The SMILES string of the molecule is CCCC(c1ccc(C(=O)NCCC(=O)OC)cc1)C(C(C)=O)c1ccc(Cl)cc1. The zero-order valence-electron chi connectivity index (χ0n) is 17.6. The van der Waals surface area contributed by atoms with Gasteiger partial charge in [0.25, 0.3) is 5.91 Å². The maximum absolute atomic E-state index is 12.6. The Morgan fingerprint density at radius 3 is 2.13 bits per heavy atom. The van der Waals surface area contributed by atoms with Gasteiger partial charge >= 0.3 is 5.97 Å². The van der Waals surface area contributed by atoms with Gasteiger partial charge in [-0.2, -0.15) is 0 Å². The summed E-state index contributed by atoms with van der Waals surface area (Å²) >= 11 is 6.01. The van der Waals surface area contributed by atoms with Gasteiger partial charge < -0.3 is 10.1 Å². The average Bonchev–Trinajstić information content (AvgIpc) is 2.74. The minimum atomic E-state index is -0.370. The van der Waals surface area contributed by atoms with E-state index in [1.54, 1.807) is 31.2 Å². The van der Waals surface area contributed by atoms with Crippen LogP contribution in [0.3, 0.4) is 0 Å². The minimum Gasteiger partial charge on any atom is -0.469 e. The summed E-state index contributed by atoms with van der Waals surface area (Å²) in [6.07, 6.45) is 1.90. The molecule has 0 aliphatic rings. The molecule has 1 N–H and O–H groups in total. The molecular formula is C24H28ClNO4. The first-order chi connectivity index (χ1) is 14.4. The third-order valence-electron chi connectivity index (χ3n) is 5.11. The third-order valence-corrected chi connectivity index (χ3v) is 5.36. The van der Waals surface area contributed by atoms with Crippen molar-refractivity contribution in [3.63, 3.8) is 0 Å². The molecule has 30 heavy (non-hydrogen) atoms. The zero-order chi connectivity index (χ0) is 22.1. The molecule has 0 aliphatic heterocycles. The van der Waals surface area contributed by atoms with E-state index in [-0.39, 0.29) is 42.5 Å². The number of ether oxygens (including phenoxy) is 1. The predicted octanol–water partition coefficient (Wildman–Crippen LogP) is 4.89. The van der Waals surface area contributed by atoms with Gasteiger partial charge in [-0.3, -0.25) is 14.4 Å². The van der Waals surface area contributed by atoms with E-state index < -0.39 is 0 Å². The van der Waals surface area contributed by atoms with E-state index in [0.29, 0.717) is 10.6 Å². The van der Waals surface area contributed by atoms with Crippen LogP contribution in [0.15, 0.2) is 48.5 Å². The van der Waals surface area contributed by atoms with Crippen LogP contribution in [0.2, 0.25) is 5.02 Å². The van der Waals surface area contributed by atoms with E-state index in [1.807, 2.05) is 24.3 Å². The molecule has 6 heteroatoms. The van der Waals surface area contributed by atoms with Crippen LogP contribution in [0.5, 0.6) is 0 Å². The van der Waals surface area contributed by atoms with Crippen molar-refractivity contribution in [2.75, 3.05) is 13.7 Å². The third kappa shape index (κ3) is 6.42. The van der Waals surface area contributed by atoms with Crippen molar-refractivity contribution in [1.82, 2.24) is 5.32 Å². The largest absolute Gasteiger partial charge is 0.469 e. The van der Waals surface area contributed by atoms with E-state index in [1.165, 1.54) is 7.11 Å². The summed E-state index contributed by atoms with van der Waals surface area (Å²) in [6, 6.07) is 14.7. The van der Waals surface area contributed by atoms with Gasteiger partial charge in [-0.25, -0.2) is 0 Å². The highest BCUT2D eigenvalue weighted by atomic mass is 35.5. The lowest BCUT2D eigenvalue weighted by atomic mass is 9.77. The van der Waals surface area contributed by atoms with Crippen LogP contribution in [0, 0.1) is 0 Å². The van der Waals surface area contributed by atoms with Crippen LogP contribution in [-0.2, 0) is 14.3 Å². The topological polar surface area (TPSA) is 72.5 Å². The second-order valence-electron chi connectivity index (χ2n) is 7.24. The molecule has 0 heterocycles. The molecule has 5 nitrogen and oxygen atoms in total. The fourth-order valence-corrected chi connectivity index (χ4v) is 3.75. The van der Waals surface area contributed by atoms with Gasteiger partial charge in [0.15, 0.2) is 0 Å². The molecule has 2 aromatic carbocycles. The van der Waals surface area contributed by atoms with Crippen molar-refractivity contribution in [2.45, 2.75) is 44.9 Å². The first kappa shape index (κ1) is 23.6. The lowest BCUT2D eigenvalue weighted by Gasteiger charge is -2.26. The number of benzene rings is 2. The van der Waals surface area contributed by atoms with Gasteiger partial charge in [0.2, 0.25) is 0 Å². The number of hydrogen-bond donors (Lipinski definition) is 1. The van der Waals surface area contributed by atoms with Crippen LogP contribution >= 0.6 is 11.6 Å². The molecule has 0 radical (unpaired) electrons. The normalized spacial score (nSPS) is 12.7. The van der Waals surface area contributed by atoms with Gasteiger partial charge in [0.05, 0.1) is 13.5 Å². The number of Topliss-reactive ketones (excluding diaryl/α,β-unsaturated/α-hetero) is 1. The number of amides is 1. The molecule has 0 saturated heterocycles.